The molecular weight excluding hydrogens is 362 g/mol. The number of carbonyl (C=O) groups excluding carboxylic acids is 1. The predicted octanol–water partition coefficient (Wildman–Crippen LogP) is 4.81. The van der Waals surface area contributed by atoms with Gasteiger partial charge in [-0.15, -0.1) is 5.10 Å². The minimum Gasteiger partial charge on any atom is -0.422 e. The van der Waals surface area contributed by atoms with E-state index in [-0.39, 0.29) is 0 Å². The van der Waals surface area contributed by atoms with Gasteiger partial charge in [0.05, 0.1) is 22.5 Å². The molecule has 27 heavy (non-hydrogen) atoms. The molecule has 0 N–H and O–H groups in total. The fraction of sp³-hybridized carbons (Fsp3) is 0. The van der Waals surface area contributed by atoms with Crippen molar-refractivity contribution >= 4 is 17.6 Å². The van der Waals surface area contributed by atoms with E-state index in [0.29, 0.717) is 27.6 Å². The van der Waals surface area contributed by atoms with Crippen LogP contribution in [0.5, 0.6) is 5.75 Å². The number of benzene rings is 3. The second-order valence-corrected chi connectivity index (χ2v) is 6.16. The molecule has 0 saturated heterocycles. The standard InChI is InChI=1S/C21H14ClN3O2/c22-17-11-5-6-12-19(17)25-14-18(23-24-25)16-10-4-7-13-20(16)27-21(26)15-8-2-1-3-9-15/h1-14H. The molecule has 0 radical (unpaired) electrons. The van der Waals surface area contributed by atoms with Crippen LogP contribution in [0.25, 0.3) is 16.9 Å². The number of carbonyl (C=O) groups is 1. The molecule has 4 aromatic rings. The van der Waals surface area contributed by atoms with Crippen LogP contribution >= 0.6 is 11.6 Å². The summed E-state index contributed by atoms with van der Waals surface area (Å²) in [5.74, 6) is -0.0147. The highest BCUT2D eigenvalue weighted by molar-refractivity contribution is 6.32. The van der Waals surface area contributed by atoms with Gasteiger partial charge in [0, 0.05) is 5.56 Å². The molecule has 0 aliphatic rings. The second-order valence-electron chi connectivity index (χ2n) is 5.75. The molecule has 0 aliphatic carbocycles. The van der Waals surface area contributed by atoms with Gasteiger partial charge in [-0.3, -0.25) is 0 Å². The molecule has 4 rings (SSSR count). The molecule has 0 saturated carbocycles. The lowest BCUT2D eigenvalue weighted by Gasteiger charge is -2.08. The van der Waals surface area contributed by atoms with Gasteiger partial charge in [0.2, 0.25) is 0 Å². The summed E-state index contributed by atoms with van der Waals surface area (Å²) in [6, 6.07) is 23.4. The molecular formula is C21H14ClN3O2. The van der Waals surface area contributed by atoms with E-state index in [1.165, 1.54) is 0 Å². The van der Waals surface area contributed by atoms with E-state index in [1.54, 1.807) is 53.3 Å². The normalized spacial score (nSPS) is 10.6. The average molecular weight is 376 g/mol. The lowest BCUT2D eigenvalue weighted by molar-refractivity contribution is 0.0735. The SMILES string of the molecule is O=C(Oc1ccccc1-c1cn(-c2ccccc2Cl)nn1)c1ccccc1. The lowest BCUT2D eigenvalue weighted by Crippen LogP contribution is -2.08. The maximum Gasteiger partial charge on any atom is 0.343 e. The summed E-state index contributed by atoms with van der Waals surface area (Å²) in [5.41, 5.74) is 2.44. The summed E-state index contributed by atoms with van der Waals surface area (Å²) in [6.45, 7) is 0. The number of nitrogens with zero attached hydrogens (tertiary/aromatic N) is 3. The number of ether oxygens (including phenoxy) is 1. The highest BCUT2D eigenvalue weighted by atomic mass is 35.5. The van der Waals surface area contributed by atoms with Crippen molar-refractivity contribution in [2.24, 2.45) is 0 Å². The van der Waals surface area contributed by atoms with E-state index in [1.807, 2.05) is 36.4 Å². The maximum atomic E-state index is 12.4. The van der Waals surface area contributed by atoms with Crippen LogP contribution in [-0.4, -0.2) is 21.0 Å². The van der Waals surface area contributed by atoms with Crippen molar-refractivity contribution in [3.8, 4) is 22.7 Å². The largest absolute Gasteiger partial charge is 0.422 e. The van der Waals surface area contributed by atoms with Crippen molar-refractivity contribution in [3.63, 3.8) is 0 Å². The first-order valence-electron chi connectivity index (χ1n) is 8.26. The van der Waals surface area contributed by atoms with Crippen LogP contribution in [0, 0.1) is 0 Å². The molecule has 0 spiro atoms. The van der Waals surface area contributed by atoms with Gasteiger partial charge in [-0.25, -0.2) is 9.48 Å². The molecule has 3 aromatic carbocycles. The van der Waals surface area contributed by atoms with Gasteiger partial charge in [-0.1, -0.05) is 59.3 Å². The van der Waals surface area contributed by atoms with Gasteiger partial charge in [0.15, 0.2) is 0 Å². The number of hydrogen-bond donors (Lipinski definition) is 0. The molecule has 0 aliphatic heterocycles. The Balaban J connectivity index is 1.66. The van der Waals surface area contributed by atoms with E-state index in [2.05, 4.69) is 10.3 Å². The Morgan fingerprint density at radius 2 is 1.59 bits per heavy atom. The topological polar surface area (TPSA) is 57.0 Å². The number of aromatic nitrogens is 3. The predicted molar refractivity (Wildman–Crippen MR) is 103 cm³/mol. The molecule has 0 amide bonds. The van der Waals surface area contributed by atoms with Crippen molar-refractivity contribution in [2.75, 3.05) is 0 Å². The summed E-state index contributed by atoms with van der Waals surface area (Å²) in [5, 5.41) is 8.92. The smallest absolute Gasteiger partial charge is 0.343 e. The zero-order chi connectivity index (χ0) is 18.6. The van der Waals surface area contributed by atoms with Gasteiger partial charge in [0.1, 0.15) is 11.4 Å². The van der Waals surface area contributed by atoms with Gasteiger partial charge in [-0.2, -0.15) is 0 Å². The summed E-state index contributed by atoms with van der Waals surface area (Å²) in [6.07, 6.45) is 1.75. The number of hydrogen-bond acceptors (Lipinski definition) is 4. The summed E-state index contributed by atoms with van der Waals surface area (Å²) in [4.78, 5) is 12.4. The van der Waals surface area contributed by atoms with Crippen molar-refractivity contribution in [2.45, 2.75) is 0 Å². The first kappa shape index (κ1) is 17.0. The number of halogens is 1. The zero-order valence-electron chi connectivity index (χ0n) is 14.1. The van der Waals surface area contributed by atoms with Gasteiger partial charge in [0.25, 0.3) is 0 Å². The first-order valence-corrected chi connectivity index (χ1v) is 8.64. The van der Waals surface area contributed by atoms with Crippen LogP contribution < -0.4 is 4.74 Å². The van der Waals surface area contributed by atoms with E-state index >= 15 is 0 Å². The second kappa shape index (κ2) is 7.43. The Bertz CT molecular complexity index is 1090. The molecule has 5 nitrogen and oxygen atoms in total. The lowest BCUT2D eigenvalue weighted by atomic mass is 10.1. The van der Waals surface area contributed by atoms with Gasteiger partial charge < -0.3 is 4.74 Å². The van der Waals surface area contributed by atoms with E-state index < -0.39 is 5.97 Å². The quantitative estimate of drug-likeness (QED) is 0.379. The third kappa shape index (κ3) is 3.59. The summed E-state index contributed by atoms with van der Waals surface area (Å²) >= 11 is 6.22. The fourth-order valence-electron chi connectivity index (χ4n) is 2.64. The van der Waals surface area contributed by atoms with Crippen molar-refractivity contribution in [1.29, 1.82) is 0 Å². The molecule has 6 heteroatoms. The molecule has 0 fully saturated rings. The number of rotatable bonds is 4. The van der Waals surface area contributed by atoms with Crippen LogP contribution in [0.1, 0.15) is 10.4 Å². The third-order valence-corrected chi connectivity index (χ3v) is 4.29. The molecule has 132 valence electrons. The van der Waals surface area contributed by atoms with Crippen LogP contribution in [0.15, 0.2) is 85.1 Å². The molecule has 1 aromatic heterocycles. The van der Waals surface area contributed by atoms with Crippen LogP contribution in [0.4, 0.5) is 0 Å². The Labute approximate surface area is 160 Å². The minimum absolute atomic E-state index is 0.414. The van der Waals surface area contributed by atoms with E-state index in [4.69, 9.17) is 16.3 Å². The summed E-state index contributed by atoms with van der Waals surface area (Å²) < 4.78 is 7.17. The van der Waals surface area contributed by atoms with Crippen LogP contribution in [0.3, 0.4) is 0 Å². The Kier molecular flexibility index (Phi) is 4.68. The average Bonchev–Trinajstić information content (AvgIpc) is 3.19. The van der Waals surface area contributed by atoms with Gasteiger partial charge >= 0.3 is 5.97 Å². The Morgan fingerprint density at radius 1 is 0.889 bits per heavy atom. The first-order chi connectivity index (χ1) is 13.2. The monoisotopic (exact) mass is 375 g/mol. The van der Waals surface area contributed by atoms with E-state index in [0.717, 1.165) is 5.69 Å². The molecule has 0 atom stereocenters. The Morgan fingerprint density at radius 3 is 2.41 bits per heavy atom. The highest BCUT2D eigenvalue weighted by Crippen LogP contribution is 2.30. The third-order valence-electron chi connectivity index (χ3n) is 3.97. The van der Waals surface area contributed by atoms with Crippen LogP contribution in [-0.2, 0) is 0 Å². The summed E-state index contributed by atoms with van der Waals surface area (Å²) in [7, 11) is 0. The fourth-order valence-corrected chi connectivity index (χ4v) is 2.87. The van der Waals surface area contributed by atoms with E-state index in [9.17, 15) is 4.79 Å². The van der Waals surface area contributed by atoms with Crippen molar-refractivity contribution in [1.82, 2.24) is 15.0 Å². The molecule has 0 unspecified atom stereocenters. The molecule has 0 bridgehead atoms. The van der Waals surface area contributed by atoms with Crippen molar-refractivity contribution in [3.05, 3.63) is 95.6 Å². The van der Waals surface area contributed by atoms with Gasteiger partial charge in [-0.05, 0) is 36.4 Å². The maximum absolute atomic E-state index is 12.4. The molecule has 1 heterocycles. The minimum atomic E-state index is -0.429. The highest BCUT2D eigenvalue weighted by Gasteiger charge is 2.15. The zero-order valence-corrected chi connectivity index (χ0v) is 14.9. The van der Waals surface area contributed by atoms with Crippen LogP contribution in [0.2, 0.25) is 5.02 Å². The number of para-hydroxylation sites is 2. The Hall–Kier alpha value is -3.44. The van der Waals surface area contributed by atoms with Crippen molar-refractivity contribution < 1.29 is 9.53 Å². The number of esters is 1.